The first kappa shape index (κ1) is 15.0. The highest BCUT2D eigenvalue weighted by Crippen LogP contribution is 2.11. The summed E-state index contributed by atoms with van der Waals surface area (Å²) in [6.45, 7) is 4.03. The van der Waals surface area contributed by atoms with E-state index in [0.29, 0.717) is 17.9 Å². The summed E-state index contributed by atoms with van der Waals surface area (Å²) in [6, 6.07) is 6.53. The molecule has 2 amide bonds. The smallest absolute Gasteiger partial charge is 0.255 e. The van der Waals surface area contributed by atoms with Crippen molar-refractivity contribution >= 4 is 11.8 Å². The third-order valence-corrected chi connectivity index (χ3v) is 2.33. The molecule has 0 aromatic heterocycles. The summed E-state index contributed by atoms with van der Waals surface area (Å²) in [5.74, 6) is -0.174. The highest BCUT2D eigenvalue weighted by atomic mass is 16.5. The predicted octanol–water partition coefficient (Wildman–Crippen LogP) is -0.110. The van der Waals surface area contributed by atoms with Gasteiger partial charge in [-0.2, -0.15) is 0 Å². The van der Waals surface area contributed by atoms with Gasteiger partial charge in [0.15, 0.2) is 6.61 Å². The van der Waals surface area contributed by atoms with Gasteiger partial charge < -0.3 is 21.1 Å². The zero-order chi connectivity index (χ0) is 14.1. The summed E-state index contributed by atoms with van der Waals surface area (Å²) in [5, 5.41) is 5.90. The van der Waals surface area contributed by atoms with Gasteiger partial charge in [-0.1, -0.05) is 6.92 Å². The van der Waals surface area contributed by atoms with Crippen molar-refractivity contribution in [1.82, 2.24) is 10.6 Å². The van der Waals surface area contributed by atoms with Crippen molar-refractivity contribution in [3.8, 4) is 5.75 Å². The maximum absolute atomic E-state index is 11.7. The summed E-state index contributed by atoms with van der Waals surface area (Å²) in [6.07, 6.45) is 0. The lowest BCUT2D eigenvalue weighted by Gasteiger charge is -2.07. The summed E-state index contributed by atoms with van der Waals surface area (Å²) >= 11 is 0. The van der Waals surface area contributed by atoms with Crippen LogP contribution in [-0.2, 0) is 4.79 Å². The van der Waals surface area contributed by atoms with E-state index in [4.69, 9.17) is 10.5 Å². The molecule has 0 aliphatic carbocycles. The number of likely N-dealkylation sites (N-methyl/N-ethyl adjacent to an activating group) is 1. The number of amides is 2. The molecule has 0 saturated heterocycles. The summed E-state index contributed by atoms with van der Waals surface area (Å²) < 4.78 is 5.10. The van der Waals surface area contributed by atoms with Crippen molar-refractivity contribution in [2.24, 2.45) is 5.73 Å². The van der Waals surface area contributed by atoms with Gasteiger partial charge in [-0.3, -0.25) is 9.59 Å². The van der Waals surface area contributed by atoms with E-state index in [1.54, 1.807) is 24.3 Å². The Morgan fingerprint density at radius 1 is 1.21 bits per heavy atom. The quantitative estimate of drug-likeness (QED) is 0.572. The van der Waals surface area contributed by atoms with Crippen LogP contribution in [0.5, 0.6) is 5.75 Å². The van der Waals surface area contributed by atoms with Gasteiger partial charge in [-0.25, -0.2) is 0 Å². The van der Waals surface area contributed by atoms with E-state index in [-0.39, 0.29) is 12.5 Å². The van der Waals surface area contributed by atoms with Gasteiger partial charge in [-0.05, 0) is 30.8 Å². The summed E-state index contributed by atoms with van der Waals surface area (Å²) in [4.78, 5) is 22.3. The van der Waals surface area contributed by atoms with Crippen LogP contribution >= 0.6 is 0 Å². The van der Waals surface area contributed by atoms with Gasteiger partial charge >= 0.3 is 0 Å². The molecule has 6 nitrogen and oxygen atoms in total. The van der Waals surface area contributed by atoms with Crippen LogP contribution in [0.1, 0.15) is 17.3 Å². The van der Waals surface area contributed by atoms with E-state index in [0.717, 1.165) is 13.1 Å². The second-order valence-electron chi connectivity index (χ2n) is 3.89. The fourth-order valence-corrected chi connectivity index (χ4v) is 1.40. The molecular formula is C13H19N3O3. The molecule has 0 radical (unpaired) electrons. The fraction of sp³-hybridized carbons (Fsp3) is 0.385. The van der Waals surface area contributed by atoms with E-state index in [1.165, 1.54) is 0 Å². The Hall–Kier alpha value is -2.08. The third kappa shape index (κ3) is 5.87. The number of ether oxygens (including phenoxy) is 1. The van der Waals surface area contributed by atoms with Gasteiger partial charge in [0.2, 0.25) is 0 Å². The molecule has 0 aliphatic rings. The lowest BCUT2D eigenvalue weighted by atomic mass is 10.2. The van der Waals surface area contributed by atoms with Crippen molar-refractivity contribution in [2.75, 3.05) is 26.2 Å². The lowest BCUT2D eigenvalue weighted by Crippen LogP contribution is -2.31. The minimum atomic E-state index is -0.537. The van der Waals surface area contributed by atoms with Crippen LogP contribution in [0.3, 0.4) is 0 Å². The number of hydrogen-bond acceptors (Lipinski definition) is 4. The number of nitrogens with two attached hydrogens (primary N) is 1. The Bertz CT molecular complexity index is 418. The Kier molecular flexibility index (Phi) is 6.38. The molecule has 0 fully saturated rings. The Labute approximate surface area is 112 Å². The minimum absolute atomic E-state index is 0.139. The summed E-state index contributed by atoms with van der Waals surface area (Å²) in [7, 11) is 0. The van der Waals surface area contributed by atoms with Crippen molar-refractivity contribution in [1.29, 1.82) is 0 Å². The standard InChI is InChI=1S/C13H19N3O3/c1-2-15-7-8-16-13(18)10-3-5-11(6-4-10)19-9-12(14)17/h3-6,15H,2,7-9H2,1H3,(H2,14,17)(H,16,18). The first-order valence-corrected chi connectivity index (χ1v) is 6.13. The number of benzene rings is 1. The van der Waals surface area contributed by atoms with Crippen LogP contribution in [0.25, 0.3) is 0 Å². The molecule has 104 valence electrons. The van der Waals surface area contributed by atoms with E-state index < -0.39 is 5.91 Å². The fourth-order valence-electron chi connectivity index (χ4n) is 1.40. The zero-order valence-corrected chi connectivity index (χ0v) is 10.9. The van der Waals surface area contributed by atoms with Crippen molar-refractivity contribution in [3.05, 3.63) is 29.8 Å². The van der Waals surface area contributed by atoms with Crippen molar-refractivity contribution < 1.29 is 14.3 Å². The lowest BCUT2D eigenvalue weighted by molar-refractivity contribution is -0.119. The molecule has 0 bridgehead atoms. The molecular weight excluding hydrogens is 246 g/mol. The molecule has 0 unspecified atom stereocenters. The number of carbonyl (C=O) groups is 2. The molecule has 4 N–H and O–H groups in total. The largest absolute Gasteiger partial charge is 0.484 e. The zero-order valence-electron chi connectivity index (χ0n) is 10.9. The van der Waals surface area contributed by atoms with Gasteiger partial charge in [0.25, 0.3) is 11.8 Å². The number of carbonyl (C=O) groups excluding carboxylic acids is 2. The second kappa shape index (κ2) is 8.10. The highest BCUT2D eigenvalue weighted by molar-refractivity contribution is 5.94. The van der Waals surface area contributed by atoms with Gasteiger partial charge in [0.05, 0.1) is 0 Å². The molecule has 0 atom stereocenters. The Balaban J connectivity index is 2.42. The van der Waals surface area contributed by atoms with Crippen LogP contribution in [0.2, 0.25) is 0 Å². The molecule has 0 saturated carbocycles. The van der Waals surface area contributed by atoms with Gasteiger partial charge in [0, 0.05) is 18.7 Å². The highest BCUT2D eigenvalue weighted by Gasteiger charge is 2.05. The van der Waals surface area contributed by atoms with Crippen molar-refractivity contribution in [3.63, 3.8) is 0 Å². The van der Waals surface area contributed by atoms with Crippen LogP contribution < -0.4 is 21.1 Å². The Morgan fingerprint density at radius 2 is 1.89 bits per heavy atom. The maximum atomic E-state index is 11.7. The number of nitrogens with one attached hydrogen (secondary N) is 2. The van der Waals surface area contributed by atoms with Gasteiger partial charge in [0.1, 0.15) is 5.75 Å². The Morgan fingerprint density at radius 3 is 2.47 bits per heavy atom. The first-order chi connectivity index (χ1) is 9.13. The van der Waals surface area contributed by atoms with Crippen LogP contribution in [0.4, 0.5) is 0 Å². The topological polar surface area (TPSA) is 93.4 Å². The average Bonchev–Trinajstić information content (AvgIpc) is 2.41. The normalized spacial score (nSPS) is 9.95. The van der Waals surface area contributed by atoms with Gasteiger partial charge in [-0.15, -0.1) is 0 Å². The first-order valence-electron chi connectivity index (χ1n) is 6.13. The molecule has 19 heavy (non-hydrogen) atoms. The van der Waals surface area contributed by atoms with E-state index in [9.17, 15) is 9.59 Å². The van der Waals surface area contributed by atoms with E-state index in [2.05, 4.69) is 10.6 Å². The molecule has 0 aliphatic heterocycles. The molecule has 1 aromatic rings. The van der Waals surface area contributed by atoms with Crippen LogP contribution in [-0.4, -0.2) is 38.1 Å². The van der Waals surface area contributed by atoms with E-state index >= 15 is 0 Å². The van der Waals surface area contributed by atoms with E-state index in [1.807, 2.05) is 6.92 Å². The van der Waals surface area contributed by atoms with Crippen molar-refractivity contribution in [2.45, 2.75) is 6.92 Å². The molecule has 1 aromatic carbocycles. The maximum Gasteiger partial charge on any atom is 0.255 e. The minimum Gasteiger partial charge on any atom is -0.484 e. The molecule has 1 rings (SSSR count). The van der Waals surface area contributed by atoms with Crippen LogP contribution in [0, 0.1) is 0 Å². The van der Waals surface area contributed by atoms with Crippen LogP contribution in [0.15, 0.2) is 24.3 Å². The third-order valence-electron chi connectivity index (χ3n) is 2.33. The SMILES string of the molecule is CCNCCNC(=O)c1ccc(OCC(N)=O)cc1. The number of rotatable bonds is 8. The second-order valence-corrected chi connectivity index (χ2v) is 3.89. The molecule has 0 heterocycles. The monoisotopic (exact) mass is 265 g/mol. The molecule has 6 heteroatoms. The predicted molar refractivity (Wildman–Crippen MR) is 72.0 cm³/mol. The summed E-state index contributed by atoms with van der Waals surface area (Å²) in [5.41, 5.74) is 5.51. The average molecular weight is 265 g/mol. The number of primary amides is 1. The number of hydrogen-bond donors (Lipinski definition) is 3. The molecule has 0 spiro atoms.